The molecule has 0 aliphatic heterocycles. The average Bonchev–Trinajstić information content (AvgIpc) is 2.59. The minimum atomic E-state index is 0.860. The number of aromatic nitrogens is 2. The lowest BCUT2D eigenvalue weighted by Gasteiger charge is -2.14. The number of nitrogens with zero attached hydrogens (tertiary/aromatic N) is 3. The summed E-state index contributed by atoms with van der Waals surface area (Å²) in [5.74, 6) is 0.860. The number of hydrogen-bond donors (Lipinski definition) is 1. The van der Waals surface area contributed by atoms with Gasteiger partial charge in [-0.05, 0) is 19.9 Å². The number of aryl methyl sites for hydroxylation is 1. The quantitative estimate of drug-likeness (QED) is 0.724. The zero-order chi connectivity index (χ0) is 10.4. The molecular formula is C9H18N4S. The van der Waals surface area contributed by atoms with Crippen molar-refractivity contribution in [3.63, 3.8) is 0 Å². The predicted molar refractivity (Wildman–Crippen MR) is 61.1 cm³/mol. The van der Waals surface area contributed by atoms with Gasteiger partial charge in [0.25, 0.3) is 0 Å². The van der Waals surface area contributed by atoms with Gasteiger partial charge in [-0.3, -0.25) is 0 Å². The van der Waals surface area contributed by atoms with Crippen molar-refractivity contribution in [1.82, 2.24) is 14.7 Å². The van der Waals surface area contributed by atoms with Crippen molar-refractivity contribution in [2.75, 3.05) is 31.6 Å². The van der Waals surface area contributed by atoms with Crippen LogP contribution in [0.4, 0.5) is 5.13 Å². The van der Waals surface area contributed by atoms with Crippen molar-refractivity contribution in [2.24, 2.45) is 0 Å². The molecular weight excluding hydrogens is 196 g/mol. The summed E-state index contributed by atoms with van der Waals surface area (Å²) in [6.45, 7) is 7.16. The molecule has 0 aliphatic rings. The molecule has 1 N–H and O–H groups in total. The van der Waals surface area contributed by atoms with Crippen molar-refractivity contribution in [3.05, 3.63) is 5.82 Å². The number of rotatable bonds is 6. The zero-order valence-electron chi connectivity index (χ0n) is 9.08. The van der Waals surface area contributed by atoms with E-state index in [2.05, 4.69) is 26.5 Å². The summed E-state index contributed by atoms with van der Waals surface area (Å²) in [5.41, 5.74) is 0. The summed E-state index contributed by atoms with van der Waals surface area (Å²) in [6, 6.07) is 0. The topological polar surface area (TPSA) is 41.0 Å². The molecule has 0 bridgehead atoms. The average molecular weight is 214 g/mol. The van der Waals surface area contributed by atoms with Gasteiger partial charge in [0.15, 0.2) is 0 Å². The SMILES string of the molecule is CCCNCCN(C)c1nc(C)ns1. The van der Waals surface area contributed by atoms with Gasteiger partial charge in [0.05, 0.1) is 0 Å². The number of likely N-dealkylation sites (N-methyl/N-ethyl adjacent to an activating group) is 1. The van der Waals surface area contributed by atoms with Gasteiger partial charge in [0.1, 0.15) is 5.82 Å². The molecule has 0 spiro atoms. The summed E-state index contributed by atoms with van der Waals surface area (Å²) in [4.78, 5) is 6.45. The first-order valence-corrected chi connectivity index (χ1v) is 5.73. The van der Waals surface area contributed by atoms with Crippen molar-refractivity contribution >= 4 is 16.7 Å². The highest BCUT2D eigenvalue weighted by Crippen LogP contribution is 2.13. The fourth-order valence-electron chi connectivity index (χ4n) is 1.09. The highest BCUT2D eigenvalue weighted by molar-refractivity contribution is 7.09. The lowest BCUT2D eigenvalue weighted by atomic mass is 10.4. The van der Waals surface area contributed by atoms with E-state index >= 15 is 0 Å². The van der Waals surface area contributed by atoms with Crippen LogP contribution in [0.2, 0.25) is 0 Å². The molecule has 0 radical (unpaired) electrons. The van der Waals surface area contributed by atoms with Crippen molar-refractivity contribution in [2.45, 2.75) is 20.3 Å². The second-order valence-corrected chi connectivity index (χ2v) is 4.03. The van der Waals surface area contributed by atoms with Crippen LogP contribution < -0.4 is 10.2 Å². The van der Waals surface area contributed by atoms with Gasteiger partial charge in [-0.25, -0.2) is 4.98 Å². The van der Waals surface area contributed by atoms with Crippen LogP contribution in [0.5, 0.6) is 0 Å². The lowest BCUT2D eigenvalue weighted by molar-refractivity contribution is 0.665. The fraction of sp³-hybridized carbons (Fsp3) is 0.778. The molecule has 1 rings (SSSR count). The van der Waals surface area contributed by atoms with Crippen LogP contribution in [-0.4, -0.2) is 36.0 Å². The molecule has 0 aliphatic carbocycles. The largest absolute Gasteiger partial charge is 0.349 e. The Hall–Kier alpha value is -0.680. The van der Waals surface area contributed by atoms with E-state index in [1.807, 2.05) is 14.0 Å². The smallest absolute Gasteiger partial charge is 0.204 e. The van der Waals surface area contributed by atoms with Gasteiger partial charge in [-0.2, -0.15) is 4.37 Å². The second-order valence-electron chi connectivity index (χ2n) is 3.30. The predicted octanol–water partition coefficient (Wildman–Crippen LogP) is 1.28. The van der Waals surface area contributed by atoms with Crippen LogP contribution in [-0.2, 0) is 0 Å². The van der Waals surface area contributed by atoms with E-state index in [1.54, 1.807) is 0 Å². The zero-order valence-corrected chi connectivity index (χ0v) is 9.89. The van der Waals surface area contributed by atoms with Crippen molar-refractivity contribution in [1.29, 1.82) is 0 Å². The minimum Gasteiger partial charge on any atom is -0.349 e. The Morgan fingerprint density at radius 3 is 2.79 bits per heavy atom. The highest BCUT2D eigenvalue weighted by Gasteiger charge is 2.04. The standard InChI is InChI=1S/C9H18N4S/c1-4-5-10-6-7-13(3)9-11-8(2)12-14-9/h10H,4-7H2,1-3H3. The third kappa shape index (κ3) is 3.59. The second kappa shape index (κ2) is 5.93. The maximum absolute atomic E-state index is 4.32. The maximum Gasteiger partial charge on any atom is 0.204 e. The Morgan fingerprint density at radius 1 is 1.43 bits per heavy atom. The molecule has 0 unspecified atom stereocenters. The Morgan fingerprint density at radius 2 is 2.21 bits per heavy atom. The molecule has 14 heavy (non-hydrogen) atoms. The first kappa shape index (κ1) is 11.4. The summed E-state index contributed by atoms with van der Waals surface area (Å²) < 4.78 is 4.15. The third-order valence-electron chi connectivity index (χ3n) is 1.89. The summed E-state index contributed by atoms with van der Waals surface area (Å²) in [6.07, 6.45) is 1.18. The van der Waals surface area contributed by atoms with E-state index in [4.69, 9.17) is 0 Å². The number of hydrogen-bond acceptors (Lipinski definition) is 5. The fourth-order valence-corrected chi connectivity index (χ4v) is 1.74. The maximum atomic E-state index is 4.32. The monoisotopic (exact) mass is 214 g/mol. The first-order chi connectivity index (χ1) is 6.74. The third-order valence-corrected chi connectivity index (χ3v) is 2.82. The molecule has 1 heterocycles. The number of nitrogens with one attached hydrogen (secondary N) is 1. The number of anilines is 1. The molecule has 0 atom stereocenters. The Bertz CT molecular complexity index is 261. The summed E-state index contributed by atoms with van der Waals surface area (Å²) in [5, 5.41) is 4.36. The van der Waals surface area contributed by atoms with Crippen LogP contribution >= 0.6 is 11.5 Å². The Balaban J connectivity index is 2.25. The Labute approximate surface area is 89.5 Å². The minimum absolute atomic E-state index is 0.860. The van der Waals surface area contributed by atoms with Gasteiger partial charge in [-0.1, -0.05) is 6.92 Å². The van der Waals surface area contributed by atoms with Gasteiger partial charge >= 0.3 is 0 Å². The van der Waals surface area contributed by atoms with Crippen molar-refractivity contribution < 1.29 is 0 Å². The molecule has 4 nitrogen and oxygen atoms in total. The van der Waals surface area contributed by atoms with Gasteiger partial charge in [0, 0.05) is 31.7 Å². The molecule has 0 aromatic carbocycles. The van der Waals surface area contributed by atoms with Gasteiger partial charge < -0.3 is 10.2 Å². The molecule has 1 aromatic heterocycles. The molecule has 0 saturated carbocycles. The van der Waals surface area contributed by atoms with E-state index in [0.29, 0.717) is 0 Å². The van der Waals surface area contributed by atoms with Crippen LogP contribution in [0.25, 0.3) is 0 Å². The van der Waals surface area contributed by atoms with Crippen LogP contribution in [0, 0.1) is 6.92 Å². The molecule has 1 aromatic rings. The van der Waals surface area contributed by atoms with Gasteiger partial charge in [-0.15, -0.1) is 0 Å². The Kier molecular flexibility index (Phi) is 4.82. The van der Waals surface area contributed by atoms with Crippen LogP contribution in [0.3, 0.4) is 0 Å². The lowest BCUT2D eigenvalue weighted by Crippen LogP contribution is -2.29. The van der Waals surface area contributed by atoms with E-state index in [9.17, 15) is 0 Å². The van der Waals surface area contributed by atoms with Crippen LogP contribution in [0.1, 0.15) is 19.2 Å². The summed E-state index contributed by atoms with van der Waals surface area (Å²) in [7, 11) is 2.05. The summed E-state index contributed by atoms with van der Waals surface area (Å²) >= 11 is 1.46. The van der Waals surface area contributed by atoms with Crippen molar-refractivity contribution in [3.8, 4) is 0 Å². The molecule has 0 amide bonds. The van der Waals surface area contributed by atoms with E-state index in [-0.39, 0.29) is 0 Å². The molecule has 80 valence electrons. The normalized spacial score (nSPS) is 10.5. The van der Waals surface area contributed by atoms with E-state index < -0.39 is 0 Å². The van der Waals surface area contributed by atoms with E-state index in [1.165, 1.54) is 18.0 Å². The van der Waals surface area contributed by atoms with Crippen LogP contribution in [0.15, 0.2) is 0 Å². The van der Waals surface area contributed by atoms with Gasteiger partial charge in [0.2, 0.25) is 5.13 Å². The molecule has 0 fully saturated rings. The molecule has 0 saturated heterocycles. The first-order valence-electron chi connectivity index (χ1n) is 4.96. The van der Waals surface area contributed by atoms with E-state index in [0.717, 1.165) is 30.6 Å². The highest BCUT2D eigenvalue weighted by atomic mass is 32.1. The molecule has 5 heteroatoms.